The smallest absolute Gasteiger partial charge is 0.251 e. The van der Waals surface area contributed by atoms with E-state index in [1.54, 1.807) is 19.1 Å². The van der Waals surface area contributed by atoms with Gasteiger partial charge in [0.25, 0.3) is 5.91 Å². The topological polar surface area (TPSA) is 75.3 Å². The zero-order valence-electron chi connectivity index (χ0n) is 12.5. The van der Waals surface area contributed by atoms with Gasteiger partial charge in [-0.1, -0.05) is 30.7 Å². The number of amides is 1. The average Bonchev–Trinajstić information content (AvgIpc) is 2.54. The Balaban J connectivity index is 2.01. The van der Waals surface area contributed by atoms with Crippen molar-refractivity contribution in [2.45, 2.75) is 18.4 Å². The summed E-state index contributed by atoms with van der Waals surface area (Å²) in [6.45, 7) is 2.38. The van der Waals surface area contributed by atoms with E-state index in [1.165, 1.54) is 24.3 Å². The van der Waals surface area contributed by atoms with Crippen LogP contribution in [0.1, 0.15) is 22.8 Å². The van der Waals surface area contributed by atoms with Gasteiger partial charge in [0.05, 0.1) is 4.90 Å². The molecule has 0 unspecified atom stereocenters. The molecule has 5 nitrogen and oxygen atoms in total. The van der Waals surface area contributed by atoms with Gasteiger partial charge in [-0.15, -0.1) is 0 Å². The minimum atomic E-state index is -3.51. The fourth-order valence-corrected chi connectivity index (χ4v) is 3.11. The molecule has 0 aliphatic heterocycles. The molecule has 2 aromatic rings. The second kappa shape index (κ2) is 7.59. The Bertz CT molecular complexity index is 772. The van der Waals surface area contributed by atoms with Crippen molar-refractivity contribution in [3.63, 3.8) is 0 Å². The van der Waals surface area contributed by atoms with Gasteiger partial charge in [0.15, 0.2) is 0 Å². The summed E-state index contributed by atoms with van der Waals surface area (Å²) in [6.07, 6.45) is 0. The van der Waals surface area contributed by atoms with E-state index >= 15 is 0 Å². The molecule has 1 amide bonds. The largest absolute Gasteiger partial charge is 0.348 e. The van der Waals surface area contributed by atoms with Crippen molar-refractivity contribution in [3.05, 3.63) is 64.7 Å². The van der Waals surface area contributed by atoms with E-state index in [0.717, 1.165) is 5.56 Å². The van der Waals surface area contributed by atoms with Crippen molar-refractivity contribution < 1.29 is 13.2 Å². The lowest BCUT2D eigenvalue weighted by Crippen LogP contribution is -2.24. The standard InChI is InChI=1S/C16H17ClN2O3S/c1-2-19-23(21,22)15-9-5-13(6-10-15)16(20)18-11-12-3-7-14(17)8-4-12/h3-10,19H,2,11H2,1H3,(H,18,20). The lowest BCUT2D eigenvalue weighted by molar-refractivity contribution is 0.0951. The fraction of sp³-hybridized carbons (Fsp3) is 0.188. The van der Waals surface area contributed by atoms with Gasteiger partial charge in [-0.2, -0.15) is 0 Å². The fourth-order valence-electron chi connectivity index (χ4n) is 1.95. The molecule has 23 heavy (non-hydrogen) atoms. The molecule has 0 saturated heterocycles. The van der Waals surface area contributed by atoms with Crippen LogP contribution in [0.5, 0.6) is 0 Å². The number of nitrogens with one attached hydrogen (secondary N) is 2. The maximum Gasteiger partial charge on any atom is 0.251 e. The number of halogens is 1. The number of rotatable bonds is 6. The van der Waals surface area contributed by atoms with Gasteiger partial charge in [-0.05, 0) is 42.0 Å². The van der Waals surface area contributed by atoms with Crippen molar-refractivity contribution in [1.82, 2.24) is 10.0 Å². The molecule has 0 aromatic heterocycles. The third-order valence-electron chi connectivity index (χ3n) is 3.13. The first kappa shape index (κ1) is 17.5. The maximum absolute atomic E-state index is 12.1. The van der Waals surface area contributed by atoms with E-state index in [2.05, 4.69) is 10.0 Å². The van der Waals surface area contributed by atoms with Crippen LogP contribution in [0.3, 0.4) is 0 Å². The van der Waals surface area contributed by atoms with Crippen molar-refractivity contribution in [2.75, 3.05) is 6.54 Å². The summed E-state index contributed by atoms with van der Waals surface area (Å²) in [4.78, 5) is 12.2. The van der Waals surface area contributed by atoms with Gasteiger partial charge in [-0.3, -0.25) is 4.79 Å². The van der Waals surface area contributed by atoms with E-state index in [-0.39, 0.29) is 10.8 Å². The van der Waals surface area contributed by atoms with E-state index in [1.807, 2.05) is 12.1 Å². The van der Waals surface area contributed by atoms with Crippen LogP contribution < -0.4 is 10.0 Å². The highest BCUT2D eigenvalue weighted by atomic mass is 35.5. The summed E-state index contributed by atoms with van der Waals surface area (Å²) in [7, 11) is -3.51. The number of benzene rings is 2. The van der Waals surface area contributed by atoms with Crippen LogP contribution in [0.25, 0.3) is 0 Å². The van der Waals surface area contributed by atoms with Gasteiger partial charge in [0.2, 0.25) is 10.0 Å². The van der Waals surface area contributed by atoms with Crippen LogP contribution in [-0.2, 0) is 16.6 Å². The highest BCUT2D eigenvalue weighted by molar-refractivity contribution is 7.89. The molecule has 2 rings (SSSR count). The van der Waals surface area contributed by atoms with Crippen molar-refractivity contribution in [2.24, 2.45) is 0 Å². The molecule has 0 fully saturated rings. The second-order valence-corrected chi connectivity index (χ2v) is 7.04. The summed E-state index contributed by atoms with van der Waals surface area (Å²) in [5, 5.41) is 3.41. The van der Waals surface area contributed by atoms with Crippen LogP contribution in [0.2, 0.25) is 5.02 Å². The molecule has 0 spiro atoms. The van der Waals surface area contributed by atoms with Crippen LogP contribution in [0.15, 0.2) is 53.4 Å². The lowest BCUT2D eigenvalue weighted by Gasteiger charge is -2.07. The zero-order valence-corrected chi connectivity index (χ0v) is 14.1. The highest BCUT2D eigenvalue weighted by Crippen LogP contribution is 2.12. The minimum absolute atomic E-state index is 0.133. The summed E-state index contributed by atoms with van der Waals surface area (Å²) >= 11 is 5.80. The van der Waals surface area contributed by atoms with Gasteiger partial charge >= 0.3 is 0 Å². The van der Waals surface area contributed by atoms with Crippen molar-refractivity contribution in [3.8, 4) is 0 Å². The van der Waals surface area contributed by atoms with Crippen LogP contribution in [0.4, 0.5) is 0 Å². The number of hydrogen-bond donors (Lipinski definition) is 2. The second-order valence-electron chi connectivity index (χ2n) is 4.83. The molecule has 2 N–H and O–H groups in total. The molecule has 2 aromatic carbocycles. The van der Waals surface area contributed by atoms with Gasteiger partial charge in [-0.25, -0.2) is 13.1 Å². The number of sulfonamides is 1. The van der Waals surface area contributed by atoms with E-state index in [0.29, 0.717) is 23.7 Å². The Kier molecular flexibility index (Phi) is 5.76. The van der Waals surface area contributed by atoms with Crippen LogP contribution in [0, 0.1) is 0 Å². The Morgan fingerprint density at radius 2 is 1.65 bits per heavy atom. The summed E-state index contributed by atoms with van der Waals surface area (Å²) in [5.74, 6) is -0.271. The third kappa shape index (κ3) is 4.79. The molecule has 122 valence electrons. The minimum Gasteiger partial charge on any atom is -0.348 e. The average molecular weight is 353 g/mol. The lowest BCUT2D eigenvalue weighted by atomic mass is 10.2. The number of carbonyl (C=O) groups excluding carboxylic acids is 1. The SMILES string of the molecule is CCNS(=O)(=O)c1ccc(C(=O)NCc2ccc(Cl)cc2)cc1. The van der Waals surface area contributed by atoms with Gasteiger partial charge in [0.1, 0.15) is 0 Å². The van der Waals surface area contributed by atoms with E-state index in [4.69, 9.17) is 11.6 Å². The third-order valence-corrected chi connectivity index (χ3v) is 4.94. The van der Waals surface area contributed by atoms with E-state index < -0.39 is 10.0 Å². The van der Waals surface area contributed by atoms with Crippen LogP contribution >= 0.6 is 11.6 Å². The predicted octanol–water partition coefficient (Wildman–Crippen LogP) is 2.57. The first-order valence-corrected chi connectivity index (χ1v) is 8.91. The van der Waals surface area contributed by atoms with E-state index in [9.17, 15) is 13.2 Å². The zero-order chi connectivity index (χ0) is 16.9. The molecular weight excluding hydrogens is 336 g/mol. The monoisotopic (exact) mass is 352 g/mol. The van der Waals surface area contributed by atoms with Crippen molar-refractivity contribution in [1.29, 1.82) is 0 Å². The van der Waals surface area contributed by atoms with Crippen molar-refractivity contribution >= 4 is 27.5 Å². The Hall–Kier alpha value is -1.89. The normalized spacial score (nSPS) is 11.2. The molecular formula is C16H17ClN2O3S. The van der Waals surface area contributed by atoms with Gasteiger partial charge in [0, 0.05) is 23.7 Å². The first-order chi connectivity index (χ1) is 10.9. The Labute approximate surface area is 140 Å². The molecule has 0 saturated carbocycles. The summed E-state index contributed by atoms with van der Waals surface area (Å²) < 4.78 is 26.1. The Morgan fingerprint density at radius 3 is 2.22 bits per heavy atom. The molecule has 0 heterocycles. The summed E-state index contributed by atoms with van der Waals surface area (Å²) in [5.41, 5.74) is 1.32. The molecule has 0 bridgehead atoms. The quantitative estimate of drug-likeness (QED) is 0.839. The number of carbonyl (C=O) groups is 1. The maximum atomic E-state index is 12.1. The molecule has 0 radical (unpaired) electrons. The molecule has 0 atom stereocenters. The first-order valence-electron chi connectivity index (χ1n) is 7.05. The van der Waals surface area contributed by atoms with Gasteiger partial charge < -0.3 is 5.32 Å². The highest BCUT2D eigenvalue weighted by Gasteiger charge is 2.13. The summed E-state index contributed by atoms with van der Waals surface area (Å²) in [6, 6.07) is 13.0. The Morgan fingerprint density at radius 1 is 1.04 bits per heavy atom. The molecule has 0 aliphatic rings. The number of hydrogen-bond acceptors (Lipinski definition) is 3. The molecule has 7 heteroatoms. The van der Waals surface area contributed by atoms with Crippen LogP contribution in [-0.4, -0.2) is 20.9 Å². The molecule has 0 aliphatic carbocycles. The predicted molar refractivity (Wildman–Crippen MR) is 89.9 cm³/mol.